The van der Waals surface area contributed by atoms with Crippen LogP contribution in [-0.4, -0.2) is 16.0 Å². The number of carboxylic acid groups (broad SMARTS) is 1. The van der Waals surface area contributed by atoms with Crippen LogP contribution in [0, 0.1) is 0 Å². The van der Waals surface area contributed by atoms with Crippen LogP contribution in [0.15, 0.2) is 23.1 Å². The van der Waals surface area contributed by atoms with Gasteiger partial charge in [-0.1, -0.05) is 23.9 Å². The van der Waals surface area contributed by atoms with Gasteiger partial charge in [-0.05, 0) is 26.8 Å². The van der Waals surface area contributed by atoms with Crippen LogP contribution < -0.4 is 4.74 Å². The minimum atomic E-state index is -0.827. The highest BCUT2D eigenvalue weighted by atomic mass is 32.2. The lowest BCUT2D eigenvalue weighted by Gasteiger charge is -2.17. The van der Waals surface area contributed by atoms with Crippen LogP contribution in [0.1, 0.15) is 32.3 Å². The predicted octanol–water partition coefficient (Wildman–Crippen LogP) is 3.10. The molecule has 16 heavy (non-hydrogen) atoms. The largest absolute Gasteiger partial charge is 0.481 e. The third kappa shape index (κ3) is 1.89. The molecule has 1 aliphatic heterocycles. The highest BCUT2D eigenvalue weighted by Crippen LogP contribution is 2.49. The van der Waals surface area contributed by atoms with E-state index in [-0.39, 0.29) is 4.93 Å². The highest BCUT2D eigenvalue weighted by Gasteiger charge is 2.34. The Morgan fingerprint density at radius 2 is 2.19 bits per heavy atom. The number of benzene rings is 1. The van der Waals surface area contributed by atoms with Gasteiger partial charge in [0.05, 0.1) is 10.8 Å². The molecule has 0 saturated heterocycles. The molecule has 1 heterocycles. The summed E-state index contributed by atoms with van der Waals surface area (Å²) in [6.07, 6.45) is 0. The lowest BCUT2D eigenvalue weighted by Crippen LogP contribution is -2.19. The van der Waals surface area contributed by atoms with Gasteiger partial charge in [-0.15, -0.1) is 0 Å². The van der Waals surface area contributed by atoms with Crippen LogP contribution in [0.2, 0.25) is 0 Å². The van der Waals surface area contributed by atoms with Crippen LogP contribution in [0.3, 0.4) is 0 Å². The summed E-state index contributed by atoms with van der Waals surface area (Å²) in [6, 6.07) is 5.66. The molecule has 0 saturated carbocycles. The Bertz CT molecular complexity index is 440. The number of fused-ring (bicyclic) bond motifs is 1. The van der Waals surface area contributed by atoms with Crippen LogP contribution in [0.4, 0.5) is 0 Å². The van der Waals surface area contributed by atoms with Crippen LogP contribution >= 0.6 is 11.8 Å². The molecule has 0 amide bonds. The minimum absolute atomic E-state index is 0.309. The lowest BCUT2D eigenvalue weighted by molar-refractivity contribution is -0.138. The van der Waals surface area contributed by atoms with Gasteiger partial charge < -0.3 is 9.84 Å². The summed E-state index contributed by atoms with van der Waals surface area (Å²) in [7, 11) is 0. The van der Waals surface area contributed by atoms with Crippen LogP contribution in [0.5, 0.6) is 5.75 Å². The molecular formula is C12H14O3S. The molecule has 0 fully saturated rings. The summed E-state index contributed by atoms with van der Waals surface area (Å²) in [4.78, 5) is 11.7. The second-order valence-corrected chi connectivity index (χ2v) is 5.97. The van der Waals surface area contributed by atoms with Crippen molar-refractivity contribution >= 4 is 17.7 Å². The monoisotopic (exact) mass is 238 g/mol. The summed E-state index contributed by atoms with van der Waals surface area (Å²) in [5.74, 6) is -0.636. The van der Waals surface area contributed by atoms with Crippen molar-refractivity contribution < 1.29 is 14.6 Å². The van der Waals surface area contributed by atoms with E-state index in [0.717, 1.165) is 16.2 Å². The van der Waals surface area contributed by atoms with Crippen molar-refractivity contribution in [1.29, 1.82) is 0 Å². The van der Waals surface area contributed by atoms with Crippen LogP contribution in [0.25, 0.3) is 0 Å². The van der Waals surface area contributed by atoms with E-state index in [1.54, 1.807) is 18.7 Å². The van der Waals surface area contributed by atoms with Crippen molar-refractivity contribution in [3.05, 3.63) is 23.8 Å². The zero-order valence-electron chi connectivity index (χ0n) is 9.48. The van der Waals surface area contributed by atoms with Gasteiger partial charge in [-0.3, -0.25) is 4.79 Å². The number of aliphatic carboxylic acids is 1. The van der Waals surface area contributed by atoms with Gasteiger partial charge in [-0.25, -0.2) is 0 Å². The summed E-state index contributed by atoms with van der Waals surface area (Å²) < 4.78 is 5.80. The first-order chi connectivity index (χ1) is 7.41. The molecule has 0 radical (unpaired) electrons. The molecule has 3 nitrogen and oxygen atoms in total. The van der Waals surface area contributed by atoms with E-state index in [1.807, 2.05) is 32.0 Å². The lowest BCUT2D eigenvalue weighted by atomic mass is 10.0. The SMILES string of the molecule is CC(C(=O)O)c1cccc2c1OC(C)(C)S2. The molecule has 1 aromatic carbocycles. The van der Waals surface area contributed by atoms with E-state index in [9.17, 15) is 4.79 Å². The Kier molecular flexibility index (Phi) is 2.62. The Labute approximate surface area is 98.8 Å². The number of carboxylic acids is 1. The average molecular weight is 238 g/mol. The van der Waals surface area contributed by atoms with Crippen molar-refractivity contribution in [2.75, 3.05) is 0 Å². The smallest absolute Gasteiger partial charge is 0.310 e. The zero-order chi connectivity index (χ0) is 11.9. The highest BCUT2D eigenvalue weighted by molar-refractivity contribution is 8.00. The van der Waals surface area contributed by atoms with Gasteiger partial charge in [0.25, 0.3) is 0 Å². The van der Waals surface area contributed by atoms with Crippen molar-refractivity contribution in [2.24, 2.45) is 0 Å². The molecule has 1 aromatic rings. The van der Waals surface area contributed by atoms with Gasteiger partial charge in [-0.2, -0.15) is 0 Å². The summed E-state index contributed by atoms with van der Waals surface area (Å²) >= 11 is 1.62. The number of ether oxygens (including phenoxy) is 1. The van der Waals surface area contributed by atoms with Gasteiger partial charge in [0.15, 0.2) is 4.93 Å². The molecule has 1 aliphatic rings. The van der Waals surface area contributed by atoms with E-state index in [1.165, 1.54) is 0 Å². The maximum absolute atomic E-state index is 11.0. The van der Waals surface area contributed by atoms with Gasteiger partial charge in [0.1, 0.15) is 5.75 Å². The zero-order valence-corrected chi connectivity index (χ0v) is 10.3. The molecule has 1 N–H and O–H groups in total. The van der Waals surface area contributed by atoms with Gasteiger partial charge in [0.2, 0.25) is 0 Å². The van der Waals surface area contributed by atoms with Crippen molar-refractivity contribution in [1.82, 2.24) is 0 Å². The Hall–Kier alpha value is -1.16. The number of carbonyl (C=O) groups is 1. The molecule has 0 aliphatic carbocycles. The first kappa shape index (κ1) is 11.3. The maximum atomic E-state index is 11.0. The molecule has 2 rings (SSSR count). The third-order valence-electron chi connectivity index (χ3n) is 2.55. The molecule has 0 bridgehead atoms. The second-order valence-electron chi connectivity index (χ2n) is 4.34. The molecule has 4 heteroatoms. The fourth-order valence-corrected chi connectivity index (χ4v) is 2.78. The molecular weight excluding hydrogens is 224 g/mol. The topological polar surface area (TPSA) is 46.5 Å². The Balaban J connectivity index is 2.45. The molecule has 1 atom stereocenters. The number of hydrogen-bond donors (Lipinski definition) is 1. The van der Waals surface area contributed by atoms with E-state index in [4.69, 9.17) is 9.84 Å². The van der Waals surface area contributed by atoms with E-state index in [0.29, 0.717) is 0 Å². The Morgan fingerprint density at radius 1 is 1.50 bits per heavy atom. The minimum Gasteiger partial charge on any atom is -0.481 e. The number of rotatable bonds is 2. The van der Waals surface area contributed by atoms with Crippen molar-refractivity contribution in [3.8, 4) is 5.75 Å². The second kappa shape index (κ2) is 3.70. The number of para-hydroxylation sites is 1. The van der Waals surface area contributed by atoms with E-state index in [2.05, 4.69) is 0 Å². The van der Waals surface area contributed by atoms with E-state index < -0.39 is 11.9 Å². The normalized spacial score (nSPS) is 18.7. The molecule has 0 aromatic heterocycles. The predicted molar refractivity (Wildman–Crippen MR) is 63.1 cm³/mol. The summed E-state index contributed by atoms with van der Waals surface area (Å²) in [5.41, 5.74) is 0.753. The first-order valence-electron chi connectivity index (χ1n) is 5.14. The number of thioether (sulfide) groups is 1. The van der Waals surface area contributed by atoms with Crippen molar-refractivity contribution in [2.45, 2.75) is 36.5 Å². The van der Waals surface area contributed by atoms with E-state index >= 15 is 0 Å². The molecule has 1 unspecified atom stereocenters. The quantitative estimate of drug-likeness (QED) is 0.860. The number of hydrogen-bond acceptors (Lipinski definition) is 3. The van der Waals surface area contributed by atoms with Crippen molar-refractivity contribution in [3.63, 3.8) is 0 Å². The van der Waals surface area contributed by atoms with Crippen LogP contribution in [-0.2, 0) is 4.79 Å². The fraction of sp³-hybridized carbons (Fsp3) is 0.417. The standard InChI is InChI=1S/C12H14O3S/c1-7(11(13)14)8-5-4-6-9-10(8)15-12(2,3)16-9/h4-7H,1-3H3,(H,13,14). The summed E-state index contributed by atoms with van der Waals surface area (Å²) in [6.45, 7) is 5.64. The van der Waals surface area contributed by atoms with Gasteiger partial charge in [0, 0.05) is 5.56 Å². The Morgan fingerprint density at radius 3 is 2.81 bits per heavy atom. The van der Waals surface area contributed by atoms with Gasteiger partial charge >= 0.3 is 5.97 Å². The first-order valence-corrected chi connectivity index (χ1v) is 5.96. The maximum Gasteiger partial charge on any atom is 0.310 e. The third-order valence-corrected chi connectivity index (χ3v) is 3.67. The summed E-state index contributed by atoms with van der Waals surface area (Å²) in [5, 5.41) is 9.03. The average Bonchev–Trinajstić information content (AvgIpc) is 2.49. The molecule has 86 valence electrons. The molecule has 0 spiro atoms. The fourth-order valence-electron chi connectivity index (χ4n) is 1.73.